The highest BCUT2D eigenvalue weighted by Crippen LogP contribution is 2.20. The molecule has 0 aliphatic rings. The van der Waals surface area contributed by atoms with Crippen molar-refractivity contribution in [2.45, 2.75) is 0 Å². The fraction of sp³-hybridized carbons (Fsp3) is 0. The number of benzene rings is 2. The van der Waals surface area contributed by atoms with E-state index in [0.29, 0.717) is 11.3 Å². The maximum absolute atomic E-state index is 12.4. The highest BCUT2D eigenvalue weighted by atomic mass is 16.1. The number of hydrogen-bond donors (Lipinski definition) is 1. The van der Waals surface area contributed by atoms with Crippen molar-refractivity contribution < 1.29 is 4.79 Å². The topological polar surface area (TPSA) is 59.8 Å². The van der Waals surface area contributed by atoms with E-state index in [1.165, 1.54) is 0 Å². The number of amides is 1. The molecular formula is C19H14N4O. The SMILES string of the molecule is O=C(Nc1cccnc1)c1ccc2c(c1)ncn2-c1ccccc1. The number of imidazole rings is 1. The highest BCUT2D eigenvalue weighted by molar-refractivity contribution is 6.05. The van der Waals surface area contributed by atoms with E-state index in [2.05, 4.69) is 15.3 Å². The molecule has 0 saturated carbocycles. The monoisotopic (exact) mass is 314 g/mol. The summed E-state index contributed by atoms with van der Waals surface area (Å²) in [5, 5.41) is 2.83. The van der Waals surface area contributed by atoms with Gasteiger partial charge >= 0.3 is 0 Å². The molecule has 116 valence electrons. The van der Waals surface area contributed by atoms with Crippen molar-refractivity contribution in [1.82, 2.24) is 14.5 Å². The highest BCUT2D eigenvalue weighted by Gasteiger charge is 2.10. The van der Waals surface area contributed by atoms with Crippen LogP contribution in [0, 0.1) is 0 Å². The third kappa shape index (κ3) is 2.63. The summed E-state index contributed by atoms with van der Waals surface area (Å²) < 4.78 is 2.00. The number of para-hydroxylation sites is 1. The normalized spacial score (nSPS) is 10.7. The van der Waals surface area contributed by atoms with Gasteiger partial charge in [-0.05, 0) is 42.5 Å². The van der Waals surface area contributed by atoms with Crippen LogP contribution in [-0.2, 0) is 0 Å². The number of anilines is 1. The van der Waals surface area contributed by atoms with Crippen LogP contribution in [0.3, 0.4) is 0 Å². The Balaban J connectivity index is 1.66. The van der Waals surface area contributed by atoms with Gasteiger partial charge in [-0.1, -0.05) is 18.2 Å². The third-order valence-electron chi connectivity index (χ3n) is 3.76. The standard InChI is InChI=1S/C19H14N4O/c24-19(22-15-5-4-10-20-12-15)14-8-9-18-17(11-14)21-13-23(18)16-6-2-1-3-7-16/h1-13H,(H,22,24). The molecule has 0 fully saturated rings. The summed E-state index contributed by atoms with van der Waals surface area (Å²) in [4.78, 5) is 20.8. The number of hydrogen-bond acceptors (Lipinski definition) is 3. The first-order chi connectivity index (χ1) is 11.8. The van der Waals surface area contributed by atoms with Gasteiger partial charge in [-0.3, -0.25) is 14.3 Å². The summed E-state index contributed by atoms with van der Waals surface area (Å²) in [6, 6.07) is 19.1. The molecule has 0 bridgehead atoms. The molecule has 0 atom stereocenters. The van der Waals surface area contributed by atoms with Crippen LogP contribution in [0.5, 0.6) is 0 Å². The number of rotatable bonds is 3. The number of carbonyl (C=O) groups is 1. The molecular weight excluding hydrogens is 300 g/mol. The Kier molecular flexibility index (Phi) is 3.51. The maximum atomic E-state index is 12.4. The summed E-state index contributed by atoms with van der Waals surface area (Å²) >= 11 is 0. The third-order valence-corrected chi connectivity index (χ3v) is 3.76. The quantitative estimate of drug-likeness (QED) is 0.627. The van der Waals surface area contributed by atoms with Gasteiger partial charge in [0.15, 0.2) is 0 Å². The second-order valence-corrected chi connectivity index (χ2v) is 5.35. The molecule has 4 rings (SSSR count). The minimum Gasteiger partial charge on any atom is -0.321 e. The van der Waals surface area contributed by atoms with Crippen LogP contribution in [0.4, 0.5) is 5.69 Å². The van der Waals surface area contributed by atoms with E-state index in [-0.39, 0.29) is 5.91 Å². The second-order valence-electron chi connectivity index (χ2n) is 5.35. The summed E-state index contributed by atoms with van der Waals surface area (Å²) in [5.41, 5.74) is 3.99. The molecule has 2 aromatic heterocycles. The first kappa shape index (κ1) is 14.1. The van der Waals surface area contributed by atoms with Crippen LogP contribution in [-0.4, -0.2) is 20.4 Å². The Hall–Kier alpha value is -3.47. The van der Waals surface area contributed by atoms with Crippen molar-refractivity contribution in [2.75, 3.05) is 5.32 Å². The molecule has 1 N–H and O–H groups in total. The molecule has 1 amide bonds. The van der Waals surface area contributed by atoms with E-state index in [1.54, 1.807) is 43.0 Å². The van der Waals surface area contributed by atoms with Gasteiger partial charge in [0.25, 0.3) is 5.91 Å². The van der Waals surface area contributed by atoms with E-state index < -0.39 is 0 Å². The molecule has 0 unspecified atom stereocenters. The fourth-order valence-corrected chi connectivity index (χ4v) is 2.59. The second kappa shape index (κ2) is 5.96. The smallest absolute Gasteiger partial charge is 0.255 e. The van der Waals surface area contributed by atoms with Crippen LogP contribution >= 0.6 is 0 Å². The number of carbonyl (C=O) groups excluding carboxylic acids is 1. The summed E-state index contributed by atoms with van der Waals surface area (Å²) in [5.74, 6) is -0.181. The van der Waals surface area contributed by atoms with Gasteiger partial charge < -0.3 is 5.32 Å². The lowest BCUT2D eigenvalue weighted by molar-refractivity contribution is 0.102. The Morgan fingerprint density at radius 1 is 1.00 bits per heavy atom. The number of nitrogens with one attached hydrogen (secondary N) is 1. The van der Waals surface area contributed by atoms with Crippen molar-refractivity contribution in [3.8, 4) is 5.69 Å². The number of pyridine rings is 1. The zero-order chi connectivity index (χ0) is 16.4. The van der Waals surface area contributed by atoms with E-state index in [9.17, 15) is 4.79 Å². The molecule has 5 nitrogen and oxygen atoms in total. The lowest BCUT2D eigenvalue weighted by atomic mass is 10.2. The fourth-order valence-electron chi connectivity index (χ4n) is 2.59. The van der Waals surface area contributed by atoms with E-state index in [0.717, 1.165) is 16.7 Å². The molecule has 0 saturated heterocycles. The summed E-state index contributed by atoms with van der Waals surface area (Å²) in [6.45, 7) is 0. The van der Waals surface area contributed by atoms with Gasteiger partial charge in [0, 0.05) is 17.4 Å². The number of aromatic nitrogens is 3. The predicted molar refractivity (Wildman–Crippen MR) is 93.3 cm³/mol. The summed E-state index contributed by atoms with van der Waals surface area (Å²) in [7, 11) is 0. The number of nitrogens with zero attached hydrogens (tertiary/aromatic N) is 3. The zero-order valence-corrected chi connectivity index (χ0v) is 12.8. The van der Waals surface area contributed by atoms with E-state index in [4.69, 9.17) is 0 Å². The molecule has 0 aliphatic heterocycles. The minimum absolute atomic E-state index is 0.181. The number of fused-ring (bicyclic) bond motifs is 1. The molecule has 0 aliphatic carbocycles. The zero-order valence-electron chi connectivity index (χ0n) is 12.8. The van der Waals surface area contributed by atoms with Crippen molar-refractivity contribution in [3.05, 3.63) is 84.9 Å². The van der Waals surface area contributed by atoms with E-state index >= 15 is 0 Å². The van der Waals surface area contributed by atoms with Crippen LogP contribution in [0.2, 0.25) is 0 Å². The Morgan fingerprint density at radius 2 is 1.88 bits per heavy atom. The molecule has 0 radical (unpaired) electrons. The van der Waals surface area contributed by atoms with Gasteiger partial charge in [0.2, 0.25) is 0 Å². The van der Waals surface area contributed by atoms with Gasteiger partial charge in [0.05, 0.1) is 22.9 Å². The van der Waals surface area contributed by atoms with Crippen LogP contribution < -0.4 is 5.32 Å². The van der Waals surface area contributed by atoms with Crippen molar-refractivity contribution >= 4 is 22.6 Å². The average Bonchev–Trinajstić information content (AvgIpc) is 3.06. The molecule has 5 heteroatoms. The van der Waals surface area contributed by atoms with Crippen molar-refractivity contribution in [2.24, 2.45) is 0 Å². The first-order valence-corrected chi connectivity index (χ1v) is 7.55. The molecule has 2 heterocycles. The molecule has 0 spiro atoms. The largest absolute Gasteiger partial charge is 0.321 e. The summed E-state index contributed by atoms with van der Waals surface area (Å²) in [6.07, 6.45) is 5.04. The Labute approximate surface area is 138 Å². The minimum atomic E-state index is -0.181. The predicted octanol–water partition coefficient (Wildman–Crippen LogP) is 3.67. The van der Waals surface area contributed by atoms with Gasteiger partial charge in [-0.2, -0.15) is 0 Å². The van der Waals surface area contributed by atoms with Crippen LogP contribution in [0.1, 0.15) is 10.4 Å². The maximum Gasteiger partial charge on any atom is 0.255 e. The molecule has 2 aromatic carbocycles. The molecule has 24 heavy (non-hydrogen) atoms. The van der Waals surface area contributed by atoms with E-state index in [1.807, 2.05) is 41.0 Å². The Morgan fingerprint density at radius 3 is 2.67 bits per heavy atom. The van der Waals surface area contributed by atoms with Gasteiger partial charge in [-0.25, -0.2) is 4.98 Å². The van der Waals surface area contributed by atoms with Crippen molar-refractivity contribution in [1.29, 1.82) is 0 Å². The Bertz CT molecular complexity index is 994. The lowest BCUT2D eigenvalue weighted by Gasteiger charge is -2.06. The van der Waals surface area contributed by atoms with Crippen LogP contribution in [0.25, 0.3) is 16.7 Å². The average molecular weight is 314 g/mol. The van der Waals surface area contributed by atoms with Gasteiger partial charge in [-0.15, -0.1) is 0 Å². The van der Waals surface area contributed by atoms with Crippen molar-refractivity contribution in [3.63, 3.8) is 0 Å². The first-order valence-electron chi connectivity index (χ1n) is 7.55. The lowest BCUT2D eigenvalue weighted by Crippen LogP contribution is -2.11. The van der Waals surface area contributed by atoms with Crippen LogP contribution in [0.15, 0.2) is 79.4 Å². The van der Waals surface area contributed by atoms with Gasteiger partial charge in [0.1, 0.15) is 6.33 Å². The molecule has 4 aromatic rings.